The van der Waals surface area contributed by atoms with Crippen LogP contribution in [0, 0.1) is 29.8 Å². The number of nitro groups is 1. The minimum absolute atomic E-state index is 0.125. The Bertz CT molecular complexity index is 1470. The highest BCUT2D eigenvalue weighted by atomic mass is 35.5. The van der Waals surface area contributed by atoms with Crippen LogP contribution in [-0.2, 0) is 13.2 Å². The zero-order valence-electron chi connectivity index (χ0n) is 19.8. The number of nitrogens with one attached hydrogen (secondary N) is 1. The van der Waals surface area contributed by atoms with Gasteiger partial charge in [-0.2, -0.15) is 5.10 Å². The minimum Gasteiger partial charge on any atom is -0.487 e. The Labute approximate surface area is 221 Å². The number of benzene rings is 3. The van der Waals surface area contributed by atoms with Crippen molar-refractivity contribution in [2.75, 3.05) is 5.32 Å². The number of nitro benzene ring substituents is 1. The molecule has 0 bridgehead atoms. The van der Waals surface area contributed by atoms with Gasteiger partial charge in [0.1, 0.15) is 18.2 Å². The highest BCUT2D eigenvalue weighted by Crippen LogP contribution is 2.29. The van der Waals surface area contributed by atoms with Crippen LogP contribution in [0.4, 0.5) is 15.8 Å². The fourth-order valence-corrected chi connectivity index (χ4v) is 4.14. The lowest BCUT2D eigenvalue weighted by Gasteiger charge is -2.10. The molecule has 1 amide bonds. The number of carbonyl (C=O) groups is 1. The molecule has 0 saturated carbocycles. The van der Waals surface area contributed by atoms with E-state index in [2.05, 4.69) is 10.4 Å². The van der Waals surface area contributed by atoms with Crippen LogP contribution >= 0.6 is 23.2 Å². The molecule has 0 radical (unpaired) electrons. The van der Waals surface area contributed by atoms with Crippen molar-refractivity contribution in [1.82, 2.24) is 9.78 Å². The van der Waals surface area contributed by atoms with Gasteiger partial charge in [0.15, 0.2) is 0 Å². The molecule has 0 aliphatic carbocycles. The molecule has 1 N–H and O–H groups in total. The number of non-ortho nitro benzene ring substituents is 1. The molecule has 0 fully saturated rings. The van der Waals surface area contributed by atoms with E-state index < -0.39 is 10.7 Å². The minimum atomic E-state index is -0.536. The standard InChI is InChI=1S/C26H21Cl2FN4O4/c1-15-25(16(2)32(31-15)13-20-21(27)4-3-5-23(20)29)30-26(34)18-8-6-17(7-9-18)14-37-24-11-10-19(33(35)36)12-22(24)28/h3-12H,13-14H2,1-2H3,(H,30,34). The third-order valence-electron chi connectivity index (χ3n) is 5.73. The van der Waals surface area contributed by atoms with Crippen LogP contribution in [0.25, 0.3) is 0 Å². The van der Waals surface area contributed by atoms with E-state index in [9.17, 15) is 19.3 Å². The molecule has 0 aliphatic rings. The maximum absolute atomic E-state index is 14.2. The molecule has 0 unspecified atom stereocenters. The Morgan fingerprint density at radius 1 is 1.11 bits per heavy atom. The number of hydrogen-bond acceptors (Lipinski definition) is 5. The number of carbonyl (C=O) groups excluding carboxylic acids is 1. The van der Waals surface area contributed by atoms with E-state index in [-0.39, 0.29) is 29.8 Å². The highest BCUT2D eigenvalue weighted by molar-refractivity contribution is 6.32. The number of nitrogens with zero attached hydrogens (tertiary/aromatic N) is 3. The Kier molecular flexibility index (Phi) is 7.75. The van der Waals surface area contributed by atoms with Crippen LogP contribution in [0.2, 0.25) is 10.0 Å². The van der Waals surface area contributed by atoms with Crippen molar-refractivity contribution < 1.29 is 18.8 Å². The van der Waals surface area contributed by atoms with Crippen molar-refractivity contribution in [2.45, 2.75) is 27.0 Å². The van der Waals surface area contributed by atoms with Gasteiger partial charge in [-0.05, 0) is 49.7 Å². The lowest BCUT2D eigenvalue weighted by molar-refractivity contribution is -0.384. The molecule has 0 aliphatic heterocycles. The summed E-state index contributed by atoms with van der Waals surface area (Å²) in [5.41, 5.74) is 3.17. The molecule has 4 rings (SSSR count). The van der Waals surface area contributed by atoms with E-state index in [1.807, 2.05) is 0 Å². The monoisotopic (exact) mass is 542 g/mol. The number of aromatic nitrogens is 2. The lowest BCUT2D eigenvalue weighted by atomic mass is 10.1. The van der Waals surface area contributed by atoms with Crippen molar-refractivity contribution in [1.29, 1.82) is 0 Å². The van der Waals surface area contributed by atoms with Gasteiger partial charge < -0.3 is 10.1 Å². The van der Waals surface area contributed by atoms with Crippen molar-refractivity contribution in [3.8, 4) is 5.75 Å². The van der Waals surface area contributed by atoms with Crippen molar-refractivity contribution in [3.63, 3.8) is 0 Å². The van der Waals surface area contributed by atoms with E-state index in [0.29, 0.717) is 39.0 Å². The predicted molar refractivity (Wildman–Crippen MR) is 139 cm³/mol. The van der Waals surface area contributed by atoms with Crippen molar-refractivity contribution in [3.05, 3.63) is 115 Å². The largest absolute Gasteiger partial charge is 0.487 e. The molecular weight excluding hydrogens is 522 g/mol. The van der Waals surface area contributed by atoms with Crippen LogP contribution < -0.4 is 10.1 Å². The third-order valence-corrected chi connectivity index (χ3v) is 6.38. The van der Waals surface area contributed by atoms with Gasteiger partial charge in [0.2, 0.25) is 0 Å². The van der Waals surface area contributed by atoms with E-state index in [1.54, 1.807) is 48.9 Å². The molecule has 3 aromatic carbocycles. The summed E-state index contributed by atoms with van der Waals surface area (Å²) in [5, 5.41) is 18.6. The van der Waals surface area contributed by atoms with Gasteiger partial charge in [-0.25, -0.2) is 4.39 Å². The summed E-state index contributed by atoms with van der Waals surface area (Å²) in [6, 6.07) is 15.2. The van der Waals surface area contributed by atoms with Gasteiger partial charge in [0.25, 0.3) is 11.6 Å². The highest BCUT2D eigenvalue weighted by Gasteiger charge is 2.18. The quantitative estimate of drug-likeness (QED) is 0.196. The van der Waals surface area contributed by atoms with Gasteiger partial charge in [0.05, 0.1) is 33.6 Å². The van der Waals surface area contributed by atoms with Crippen molar-refractivity contribution >= 4 is 40.5 Å². The number of aryl methyl sites for hydroxylation is 1. The molecule has 8 nitrogen and oxygen atoms in total. The van der Waals surface area contributed by atoms with Gasteiger partial charge >= 0.3 is 0 Å². The Morgan fingerprint density at radius 3 is 2.49 bits per heavy atom. The van der Waals surface area contributed by atoms with E-state index in [4.69, 9.17) is 27.9 Å². The topological polar surface area (TPSA) is 99.3 Å². The molecule has 0 saturated heterocycles. The summed E-state index contributed by atoms with van der Waals surface area (Å²) in [4.78, 5) is 23.2. The molecule has 1 heterocycles. The molecule has 4 aromatic rings. The second kappa shape index (κ2) is 11.0. The second-order valence-electron chi connectivity index (χ2n) is 8.22. The molecule has 37 heavy (non-hydrogen) atoms. The first-order chi connectivity index (χ1) is 17.6. The van der Waals surface area contributed by atoms with Crippen LogP contribution in [0.5, 0.6) is 5.75 Å². The maximum Gasteiger partial charge on any atom is 0.271 e. The van der Waals surface area contributed by atoms with Crippen LogP contribution in [0.15, 0.2) is 60.7 Å². The maximum atomic E-state index is 14.2. The fraction of sp³-hybridized carbons (Fsp3) is 0.154. The average Bonchev–Trinajstić information content (AvgIpc) is 3.13. The molecule has 1 aromatic heterocycles. The zero-order chi connectivity index (χ0) is 26.7. The van der Waals surface area contributed by atoms with E-state index >= 15 is 0 Å². The van der Waals surface area contributed by atoms with Gasteiger partial charge in [-0.1, -0.05) is 41.4 Å². The van der Waals surface area contributed by atoms with Gasteiger partial charge in [0, 0.05) is 28.3 Å². The third kappa shape index (κ3) is 5.90. The normalized spacial score (nSPS) is 10.8. The Hall–Kier alpha value is -3.95. The van der Waals surface area contributed by atoms with Crippen molar-refractivity contribution in [2.24, 2.45) is 0 Å². The average molecular weight is 543 g/mol. The number of hydrogen-bond donors (Lipinski definition) is 1. The molecule has 190 valence electrons. The van der Waals surface area contributed by atoms with Crippen LogP contribution in [0.1, 0.15) is 32.9 Å². The number of halogens is 3. The zero-order valence-corrected chi connectivity index (χ0v) is 21.3. The predicted octanol–water partition coefficient (Wildman–Crippen LogP) is 6.73. The SMILES string of the molecule is Cc1nn(Cc2c(F)cccc2Cl)c(C)c1NC(=O)c1ccc(COc2ccc([N+](=O)[O-])cc2Cl)cc1. The van der Waals surface area contributed by atoms with Crippen LogP contribution in [-0.4, -0.2) is 20.6 Å². The smallest absolute Gasteiger partial charge is 0.271 e. The first kappa shape index (κ1) is 26.1. The molecule has 0 atom stereocenters. The summed E-state index contributed by atoms with van der Waals surface area (Å²) in [5.74, 6) is -0.445. The summed E-state index contributed by atoms with van der Waals surface area (Å²) >= 11 is 12.2. The first-order valence-electron chi connectivity index (χ1n) is 11.1. The van der Waals surface area contributed by atoms with Gasteiger partial charge in [-0.3, -0.25) is 19.6 Å². The summed E-state index contributed by atoms with van der Waals surface area (Å²) < 4.78 is 21.5. The molecule has 11 heteroatoms. The van der Waals surface area contributed by atoms with Crippen LogP contribution in [0.3, 0.4) is 0 Å². The first-order valence-corrected chi connectivity index (χ1v) is 11.8. The summed E-state index contributed by atoms with van der Waals surface area (Å²) in [7, 11) is 0. The Morgan fingerprint density at radius 2 is 1.84 bits per heavy atom. The molecular formula is C26H21Cl2FN4O4. The number of ether oxygens (including phenoxy) is 1. The van der Waals surface area contributed by atoms with E-state index in [0.717, 1.165) is 5.56 Å². The number of amides is 1. The number of anilines is 1. The van der Waals surface area contributed by atoms with E-state index in [1.165, 1.54) is 30.3 Å². The second-order valence-corrected chi connectivity index (χ2v) is 9.03. The summed E-state index contributed by atoms with van der Waals surface area (Å²) in [6.07, 6.45) is 0. The number of rotatable bonds is 8. The Balaban J connectivity index is 1.42. The fourth-order valence-electron chi connectivity index (χ4n) is 3.68. The summed E-state index contributed by atoms with van der Waals surface area (Å²) in [6.45, 7) is 3.82. The van der Waals surface area contributed by atoms with Gasteiger partial charge in [-0.15, -0.1) is 0 Å². The lowest BCUT2D eigenvalue weighted by Crippen LogP contribution is -2.13. The molecule has 0 spiro atoms.